The molecule has 0 aromatic heterocycles. The van der Waals surface area contributed by atoms with Gasteiger partial charge in [-0.05, 0) is 30.0 Å². The van der Waals surface area contributed by atoms with Crippen molar-refractivity contribution >= 4 is 11.6 Å². The maximum Gasteiger partial charge on any atom is 0.124 e. The number of nitrogens with one attached hydrogen (secondary N) is 1. The standard InChI is InChI=1S/C13H18ClNO/c1-9(2)5-6-16-13-4-3-12(14)10-7-15-8-11(10)13/h3-4,9,15H,5-8H2,1-2H3. The topological polar surface area (TPSA) is 21.3 Å². The lowest BCUT2D eigenvalue weighted by molar-refractivity contribution is 0.287. The largest absolute Gasteiger partial charge is 0.493 e. The number of hydrogen-bond donors (Lipinski definition) is 1. The van der Waals surface area contributed by atoms with Crippen LogP contribution in [0.1, 0.15) is 31.4 Å². The minimum atomic E-state index is 0.679. The second-order valence-electron chi connectivity index (χ2n) is 4.64. The fourth-order valence-corrected chi connectivity index (χ4v) is 2.12. The minimum Gasteiger partial charge on any atom is -0.493 e. The zero-order chi connectivity index (χ0) is 11.5. The molecule has 0 atom stereocenters. The van der Waals surface area contributed by atoms with Crippen LogP contribution in [0.25, 0.3) is 0 Å². The molecule has 0 saturated heterocycles. The molecule has 1 heterocycles. The molecule has 0 unspecified atom stereocenters. The molecule has 1 aromatic rings. The Morgan fingerprint density at radius 1 is 1.31 bits per heavy atom. The van der Waals surface area contributed by atoms with Gasteiger partial charge in [0.2, 0.25) is 0 Å². The van der Waals surface area contributed by atoms with Gasteiger partial charge in [-0.2, -0.15) is 0 Å². The SMILES string of the molecule is CC(C)CCOc1ccc(Cl)c2c1CNC2. The van der Waals surface area contributed by atoms with Gasteiger partial charge in [0.05, 0.1) is 6.61 Å². The van der Waals surface area contributed by atoms with Crippen LogP contribution in [0.3, 0.4) is 0 Å². The third-order valence-corrected chi connectivity index (χ3v) is 3.24. The highest BCUT2D eigenvalue weighted by Crippen LogP contribution is 2.32. The fourth-order valence-electron chi connectivity index (χ4n) is 1.88. The summed E-state index contributed by atoms with van der Waals surface area (Å²) in [6.07, 6.45) is 1.09. The summed E-state index contributed by atoms with van der Waals surface area (Å²) in [6, 6.07) is 3.91. The molecule has 0 radical (unpaired) electrons. The first-order valence-corrected chi connectivity index (χ1v) is 6.20. The number of ether oxygens (including phenoxy) is 1. The van der Waals surface area contributed by atoms with Crippen LogP contribution in [0.4, 0.5) is 0 Å². The highest BCUT2D eigenvalue weighted by Gasteiger charge is 2.18. The van der Waals surface area contributed by atoms with Gasteiger partial charge in [-0.1, -0.05) is 25.4 Å². The maximum absolute atomic E-state index is 6.13. The normalized spacial score (nSPS) is 14.2. The first-order chi connectivity index (χ1) is 7.68. The summed E-state index contributed by atoms with van der Waals surface area (Å²) in [5.74, 6) is 1.67. The van der Waals surface area contributed by atoms with Crippen LogP contribution in [0.15, 0.2) is 12.1 Å². The fraction of sp³-hybridized carbons (Fsp3) is 0.538. The van der Waals surface area contributed by atoms with E-state index < -0.39 is 0 Å². The van der Waals surface area contributed by atoms with Crippen LogP contribution >= 0.6 is 11.6 Å². The smallest absolute Gasteiger partial charge is 0.124 e. The molecule has 0 bridgehead atoms. The first kappa shape index (κ1) is 11.7. The molecular formula is C13H18ClNO. The second-order valence-corrected chi connectivity index (χ2v) is 5.04. The van der Waals surface area contributed by atoms with Gasteiger partial charge >= 0.3 is 0 Å². The highest BCUT2D eigenvalue weighted by atomic mass is 35.5. The summed E-state index contributed by atoms with van der Waals surface area (Å²) < 4.78 is 5.82. The van der Waals surface area contributed by atoms with Crippen LogP contribution in [0, 0.1) is 5.92 Å². The van der Waals surface area contributed by atoms with E-state index in [0.717, 1.165) is 36.9 Å². The molecule has 1 aliphatic heterocycles. The van der Waals surface area contributed by atoms with Gasteiger partial charge in [-0.15, -0.1) is 0 Å². The predicted molar refractivity (Wildman–Crippen MR) is 66.9 cm³/mol. The molecule has 0 fully saturated rings. The van der Waals surface area contributed by atoms with E-state index in [2.05, 4.69) is 19.2 Å². The Morgan fingerprint density at radius 2 is 2.06 bits per heavy atom. The summed E-state index contributed by atoms with van der Waals surface area (Å²) in [7, 11) is 0. The van der Waals surface area contributed by atoms with Gasteiger partial charge in [0.25, 0.3) is 0 Å². The van der Waals surface area contributed by atoms with E-state index in [1.165, 1.54) is 11.1 Å². The van der Waals surface area contributed by atoms with Crippen molar-refractivity contribution in [2.45, 2.75) is 33.4 Å². The van der Waals surface area contributed by atoms with Crippen molar-refractivity contribution in [3.05, 3.63) is 28.3 Å². The summed E-state index contributed by atoms with van der Waals surface area (Å²) in [6.45, 7) is 6.92. The van der Waals surface area contributed by atoms with Gasteiger partial charge in [0.1, 0.15) is 5.75 Å². The Bertz CT molecular complexity index is 376. The van der Waals surface area contributed by atoms with E-state index in [4.69, 9.17) is 16.3 Å². The van der Waals surface area contributed by atoms with Crippen molar-refractivity contribution in [1.82, 2.24) is 5.32 Å². The molecule has 0 amide bonds. The Balaban J connectivity index is 2.08. The van der Waals surface area contributed by atoms with Crippen LogP contribution < -0.4 is 10.1 Å². The summed E-state index contributed by atoms with van der Waals surface area (Å²) in [5.41, 5.74) is 2.43. The average Bonchev–Trinajstić information content (AvgIpc) is 2.70. The van der Waals surface area contributed by atoms with E-state index in [-0.39, 0.29) is 0 Å². The van der Waals surface area contributed by atoms with Crippen LogP contribution in [-0.4, -0.2) is 6.61 Å². The quantitative estimate of drug-likeness (QED) is 0.870. The first-order valence-electron chi connectivity index (χ1n) is 5.82. The van der Waals surface area contributed by atoms with E-state index >= 15 is 0 Å². The van der Waals surface area contributed by atoms with Crippen molar-refractivity contribution in [2.24, 2.45) is 5.92 Å². The van der Waals surface area contributed by atoms with E-state index in [9.17, 15) is 0 Å². The van der Waals surface area contributed by atoms with E-state index in [1.807, 2.05) is 12.1 Å². The molecule has 3 heteroatoms. The van der Waals surface area contributed by atoms with Crippen LogP contribution in [0.2, 0.25) is 5.02 Å². The summed E-state index contributed by atoms with van der Waals surface area (Å²) >= 11 is 6.13. The van der Waals surface area contributed by atoms with Gasteiger partial charge in [0, 0.05) is 23.7 Å². The zero-order valence-corrected chi connectivity index (χ0v) is 10.6. The number of fused-ring (bicyclic) bond motifs is 1. The zero-order valence-electron chi connectivity index (χ0n) is 9.85. The van der Waals surface area contributed by atoms with Crippen molar-refractivity contribution < 1.29 is 4.74 Å². The highest BCUT2D eigenvalue weighted by molar-refractivity contribution is 6.31. The Kier molecular flexibility index (Phi) is 3.72. The maximum atomic E-state index is 6.13. The van der Waals surface area contributed by atoms with Crippen molar-refractivity contribution in [3.8, 4) is 5.75 Å². The number of rotatable bonds is 4. The third kappa shape index (κ3) is 2.50. The van der Waals surface area contributed by atoms with Gasteiger partial charge < -0.3 is 10.1 Å². The lowest BCUT2D eigenvalue weighted by Gasteiger charge is -2.12. The van der Waals surface area contributed by atoms with Crippen LogP contribution in [-0.2, 0) is 13.1 Å². The van der Waals surface area contributed by atoms with Crippen LogP contribution in [0.5, 0.6) is 5.75 Å². The molecule has 2 nitrogen and oxygen atoms in total. The van der Waals surface area contributed by atoms with E-state index in [0.29, 0.717) is 5.92 Å². The van der Waals surface area contributed by atoms with Crippen molar-refractivity contribution in [1.29, 1.82) is 0 Å². The Hall–Kier alpha value is -0.730. The van der Waals surface area contributed by atoms with Crippen molar-refractivity contribution in [2.75, 3.05) is 6.61 Å². The molecular weight excluding hydrogens is 222 g/mol. The summed E-state index contributed by atoms with van der Waals surface area (Å²) in [5, 5.41) is 4.15. The van der Waals surface area contributed by atoms with Gasteiger partial charge in [0.15, 0.2) is 0 Å². The molecule has 1 aromatic carbocycles. The second kappa shape index (κ2) is 5.07. The third-order valence-electron chi connectivity index (χ3n) is 2.89. The average molecular weight is 240 g/mol. The molecule has 1 N–H and O–H groups in total. The predicted octanol–water partition coefficient (Wildman–Crippen LogP) is 3.37. The lowest BCUT2D eigenvalue weighted by atomic mass is 10.1. The molecule has 88 valence electrons. The molecule has 1 aliphatic rings. The van der Waals surface area contributed by atoms with Gasteiger partial charge in [-0.25, -0.2) is 0 Å². The molecule has 0 spiro atoms. The van der Waals surface area contributed by atoms with Crippen molar-refractivity contribution in [3.63, 3.8) is 0 Å². The summed E-state index contributed by atoms with van der Waals surface area (Å²) in [4.78, 5) is 0. The lowest BCUT2D eigenvalue weighted by Crippen LogP contribution is -2.04. The number of halogens is 1. The number of benzene rings is 1. The Morgan fingerprint density at radius 3 is 2.81 bits per heavy atom. The molecule has 0 saturated carbocycles. The molecule has 16 heavy (non-hydrogen) atoms. The molecule has 0 aliphatic carbocycles. The number of hydrogen-bond acceptors (Lipinski definition) is 2. The van der Waals surface area contributed by atoms with E-state index in [1.54, 1.807) is 0 Å². The van der Waals surface area contributed by atoms with Gasteiger partial charge in [-0.3, -0.25) is 0 Å². The minimum absolute atomic E-state index is 0.679. The molecule has 2 rings (SSSR count). The monoisotopic (exact) mass is 239 g/mol. The Labute approximate surface area is 102 Å².